The van der Waals surface area contributed by atoms with Crippen molar-refractivity contribution in [1.29, 1.82) is 0 Å². The van der Waals surface area contributed by atoms with Crippen LogP contribution in [0.2, 0.25) is 0 Å². The second kappa shape index (κ2) is 8.77. The Bertz CT molecular complexity index is 1510. The Morgan fingerprint density at radius 3 is 2.50 bits per heavy atom. The minimum absolute atomic E-state index is 0.0855. The standard InChI is InChI=1S/C23H19F2N5O4/c1-23(24,25)34-16-8-6-15(7-9-16)30-21(31)18-12-14(13-26-33)5-10-17(18)20(28-30)27-19-4-3-11-29(2)22(19)32/h3-13,33H,1-2H3,(H,27,28)/b26-13+. The van der Waals surface area contributed by atoms with E-state index in [1.807, 2.05) is 0 Å². The van der Waals surface area contributed by atoms with Crippen LogP contribution in [0.1, 0.15) is 12.5 Å². The highest BCUT2D eigenvalue weighted by Crippen LogP contribution is 2.25. The van der Waals surface area contributed by atoms with Gasteiger partial charge < -0.3 is 19.8 Å². The summed E-state index contributed by atoms with van der Waals surface area (Å²) in [6.45, 7) is 0.620. The summed E-state index contributed by atoms with van der Waals surface area (Å²) in [5.74, 6) is 0.128. The highest BCUT2D eigenvalue weighted by atomic mass is 19.3. The first-order valence-corrected chi connectivity index (χ1v) is 10.0. The van der Waals surface area contributed by atoms with Crippen molar-refractivity contribution < 1.29 is 18.7 Å². The van der Waals surface area contributed by atoms with Crippen molar-refractivity contribution in [2.24, 2.45) is 12.2 Å². The van der Waals surface area contributed by atoms with Crippen molar-refractivity contribution in [2.45, 2.75) is 13.0 Å². The molecule has 0 atom stereocenters. The van der Waals surface area contributed by atoms with Crippen molar-refractivity contribution in [2.75, 3.05) is 5.32 Å². The Morgan fingerprint density at radius 1 is 1.09 bits per heavy atom. The molecule has 0 amide bonds. The maximum atomic E-state index is 13.3. The van der Waals surface area contributed by atoms with Crippen LogP contribution in [0.25, 0.3) is 16.5 Å². The van der Waals surface area contributed by atoms with E-state index >= 15 is 0 Å². The summed E-state index contributed by atoms with van der Waals surface area (Å²) in [6.07, 6.45) is -0.589. The minimum atomic E-state index is -3.36. The van der Waals surface area contributed by atoms with Crippen LogP contribution in [0.4, 0.5) is 20.3 Å². The number of anilines is 2. The van der Waals surface area contributed by atoms with Crippen LogP contribution in [0.3, 0.4) is 0 Å². The average Bonchev–Trinajstić information content (AvgIpc) is 2.78. The Balaban J connectivity index is 1.89. The predicted molar refractivity (Wildman–Crippen MR) is 123 cm³/mol. The molecule has 0 aliphatic carbocycles. The average molecular weight is 467 g/mol. The number of nitrogens with one attached hydrogen (secondary N) is 1. The number of alkyl halides is 2. The largest absolute Gasteiger partial charge is 0.433 e. The van der Waals surface area contributed by atoms with Crippen LogP contribution in [-0.4, -0.2) is 31.9 Å². The van der Waals surface area contributed by atoms with Gasteiger partial charge in [-0.15, -0.1) is 5.10 Å². The fraction of sp³-hybridized carbons (Fsp3) is 0.130. The smallest absolute Gasteiger partial charge is 0.394 e. The molecular formula is C23H19F2N5O4. The van der Waals surface area contributed by atoms with Gasteiger partial charge in [-0.25, -0.2) is 0 Å². The van der Waals surface area contributed by atoms with Crippen LogP contribution < -0.4 is 21.2 Å². The van der Waals surface area contributed by atoms with E-state index in [0.717, 1.165) is 4.68 Å². The number of oxime groups is 1. The number of ether oxygens (including phenoxy) is 1. The number of hydrogen-bond donors (Lipinski definition) is 2. The molecule has 2 aromatic carbocycles. The number of pyridine rings is 1. The molecule has 2 N–H and O–H groups in total. The molecule has 0 saturated carbocycles. The topological polar surface area (TPSA) is 111 Å². The lowest BCUT2D eigenvalue weighted by Gasteiger charge is -2.15. The molecule has 4 aromatic rings. The molecule has 0 radical (unpaired) electrons. The number of benzene rings is 2. The zero-order chi connectivity index (χ0) is 24.5. The van der Waals surface area contributed by atoms with E-state index in [9.17, 15) is 18.4 Å². The minimum Gasteiger partial charge on any atom is -0.433 e. The maximum absolute atomic E-state index is 13.3. The van der Waals surface area contributed by atoms with Gasteiger partial charge >= 0.3 is 6.11 Å². The number of hydrogen-bond acceptors (Lipinski definition) is 7. The lowest BCUT2D eigenvalue weighted by Crippen LogP contribution is -2.24. The summed E-state index contributed by atoms with van der Waals surface area (Å²) in [7, 11) is 1.60. The molecule has 2 aromatic heterocycles. The van der Waals surface area contributed by atoms with Crippen LogP contribution >= 0.6 is 0 Å². The molecule has 0 bridgehead atoms. The Morgan fingerprint density at radius 2 is 1.82 bits per heavy atom. The van der Waals surface area contributed by atoms with Crippen molar-refractivity contribution in [3.8, 4) is 11.4 Å². The molecule has 2 heterocycles. The summed E-state index contributed by atoms with van der Waals surface area (Å²) in [5.41, 5.74) is 0.161. The Hall–Kier alpha value is -4.54. The summed E-state index contributed by atoms with van der Waals surface area (Å²) >= 11 is 0. The van der Waals surface area contributed by atoms with Gasteiger partial charge in [0, 0.05) is 25.6 Å². The normalized spacial score (nSPS) is 11.8. The van der Waals surface area contributed by atoms with Crippen molar-refractivity contribution in [3.63, 3.8) is 0 Å². The fourth-order valence-corrected chi connectivity index (χ4v) is 3.36. The van der Waals surface area contributed by atoms with Gasteiger partial charge in [-0.1, -0.05) is 11.2 Å². The molecule has 11 heteroatoms. The van der Waals surface area contributed by atoms with Gasteiger partial charge in [0.25, 0.3) is 11.1 Å². The van der Waals surface area contributed by atoms with Gasteiger partial charge in [-0.05, 0) is 54.1 Å². The number of rotatable bonds is 6. The predicted octanol–water partition coefficient (Wildman–Crippen LogP) is 3.63. The highest BCUT2D eigenvalue weighted by molar-refractivity contribution is 5.96. The van der Waals surface area contributed by atoms with Gasteiger partial charge in [0.2, 0.25) is 0 Å². The van der Waals surface area contributed by atoms with E-state index in [4.69, 9.17) is 5.21 Å². The summed E-state index contributed by atoms with van der Waals surface area (Å²) < 4.78 is 33.3. The van der Waals surface area contributed by atoms with E-state index in [0.29, 0.717) is 17.9 Å². The summed E-state index contributed by atoms with van der Waals surface area (Å²) in [6, 6.07) is 13.4. The molecule has 9 nitrogen and oxygen atoms in total. The third kappa shape index (κ3) is 4.63. The van der Waals surface area contributed by atoms with Gasteiger partial charge in [-0.3, -0.25) is 9.59 Å². The first kappa shape index (κ1) is 22.6. The van der Waals surface area contributed by atoms with E-state index in [2.05, 4.69) is 20.3 Å². The summed E-state index contributed by atoms with van der Waals surface area (Å²) in [5, 5.41) is 19.9. The van der Waals surface area contributed by atoms with Gasteiger partial charge in [0.05, 0.1) is 17.3 Å². The van der Waals surface area contributed by atoms with Crippen molar-refractivity contribution in [3.05, 3.63) is 87.1 Å². The molecular weight excluding hydrogens is 448 g/mol. The monoisotopic (exact) mass is 467 g/mol. The third-order valence-electron chi connectivity index (χ3n) is 4.88. The molecule has 0 unspecified atom stereocenters. The highest BCUT2D eigenvalue weighted by Gasteiger charge is 2.23. The zero-order valence-electron chi connectivity index (χ0n) is 18.1. The quantitative estimate of drug-likeness (QED) is 0.255. The van der Waals surface area contributed by atoms with E-state index in [1.165, 1.54) is 41.1 Å². The van der Waals surface area contributed by atoms with Crippen LogP contribution in [0.15, 0.2) is 75.5 Å². The lowest BCUT2D eigenvalue weighted by molar-refractivity contribution is -0.158. The van der Waals surface area contributed by atoms with Crippen LogP contribution in [-0.2, 0) is 7.05 Å². The maximum Gasteiger partial charge on any atom is 0.394 e. The Kier molecular flexibility index (Phi) is 5.84. The van der Waals surface area contributed by atoms with Gasteiger partial charge in [0.1, 0.15) is 11.4 Å². The van der Waals surface area contributed by atoms with E-state index in [-0.39, 0.29) is 33.9 Å². The number of fused-ring (bicyclic) bond motifs is 1. The molecule has 0 spiro atoms. The number of aromatic nitrogens is 3. The SMILES string of the molecule is Cn1cccc(Nc2nn(-c3ccc(OC(C)(F)F)cc3)c(=O)c3cc(/C=N/O)ccc23)c1=O. The number of halogens is 2. The van der Waals surface area contributed by atoms with Crippen LogP contribution in [0, 0.1) is 0 Å². The molecule has 0 aliphatic rings. The van der Waals surface area contributed by atoms with Crippen molar-refractivity contribution >= 4 is 28.5 Å². The molecule has 0 aliphatic heterocycles. The van der Waals surface area contributed by atoms with Gasteiger partial charge in [0.15, 0.2) is 5.82 Å². The lowest BCUT2D eigenvalue weighted by atomic mass is 10.1. The molecule has 0 fully saturated rings. The zero-order valence-corrected chi connectivity index (χ0v) is 18.1. The fourth-order valence-electron chi connectivity index (χ4n) is 3.36. The second-order valence-corrected chi connectivity index (χ2v) is 7.48. The second-order valence-electron chi connectivity index (χ2n) is 7.48. The molecule has 34 heavy (non-hydrogen) atoms. The number of nitrogens with zero attached hydrogens (tertiary/aromatic N) is 4. The van der Waals surface area contributed by atoms with Crippen LogP contribution in [0.5, 0.6) is 5.75 Å². The van der Waals surface area contributed by atoms with Gasteiger partial charge in [-0.2, -0.15) is 13.5 Å². The molecule has 0 saturated heterocycles. The van der Waals surface area contributed by atoms with Crippen molar-refractivity contribution in [1.82, 2.24) is 14.3 Å². The number of aryl methyl sites for hydroxylation is 1. The van der Waals surface area contributed by atoms with E-state index in [1.54, 1.807) is 37.5 Å². The third-order valence-corrected chi connectivity index (χ3v) is 4.88. The summed E-state index contributed by atoms with van der Waals surface area (Å²) in [4.78, 5) is 25.8. The first-order chi connectivity index (χ1) is 16.2. The van der Waals surface area contributed by atoms with E-state index < -0.39 is 11.7 Å². The molecule has 4 rings (SSSR count). The first-order valence-electron chi connectivity index (χ1n) is 10.0. The Labute approximate surface area is 191 Å². The molecule has 174 valence electrons.